The van der Waals surface area contributed by atoms with Crippen molar-refractivity contribution in [3.05, 3.63) is 46.8 Å². The van der Waals surface area contributed by atoms with Crippen molar-refractivity contribution in [1.29, 1.82) is 0 Å². The Labute approximate surface area is 162 Å². The van der Waals surface area contributed by atoms with Gasteiger partial charge < -0.3 is 10.0 Å². The third-order valence-corrected chi connectivity index (χ3v) is 5.39. The van der Waals surface area contributed by atoms with Crippen molar-refractivity contribution in [2.75, 3.05) is 19.0 Å². The van der Waals surface area contributed by atoms with Crippen molar-refractivity contribution < 1.29 is 9.90 Å². The minimum absolute atomic E-state index is 0.0744. The second-order valence-electron chi connectivity index (χ2n) is 8.86. The number of aromatic nitrogens is 2. The lowest BCUT2D eigenvalue weighted by Gasteiger charge is -2.26. The largest absolute Gasteiger partial charge is 0.481 e. The third kappa shape index (κ3) is 4.18. The maximum atomic E-state index is 11.4. The fourth-order valence-electron chi connectivity index (χ4n) is 4.04. The van der Waals surface area contributed by atoms with E-state index in [0.717, 1.165) is 31.5 Å². The molecule has 1 N–H and O–H groups in total. The normalized spacial score (nSPS) is 16.9. The predicted molar refractivity (Wildman–Crippen MR) is 109 cm³/mol. The van der Waals surface area contributed by atoms with Gasteiger partial charge in [0.15, 0.2) is 0 Å². The van der Waals surface area contributed by atoms with E-state index in [1.54, 1.807) is 0 Å². The number of aliphatic carboxylic acids is 1. The van der Waals surface area contributed by atoms with E-state index in [4.69, 9.17) is 5.10 Å². The number of hydrogen-bond donors (Lipinski definition) is 1. The SMILES string of the molecule is CN(C)c1ccc(Cn2nc(C(C)(C)C)c3c2CCCC3CC(=O)O)cc1. The molecule has 5 heteroatoms. The van der Waals surface area contributed by atoms with Crippen molar-refractivity contribution in [3.63, 3.8) is 0 Å². The Hall–Kier alpha value is -2.30. The van der Waals surface area contributed by atoms with Gasteiger partial charge in [-0.15, -0.1) is 0 Å². The second-order valence-corrected chi connectivity index (χ2v) is 8.86. The molecule has 0 spiro atoms. The maximum Gasteiger partial charge on any atom is 0.303 e. The molecule has 1 unspecified atom stereocenters. The third-order valence-electron chi connectivity index (χ3n) is 5.39. The summed E-state index contributed by atoms with van der Waals surface area (Å²) in [6, 6.07) is 8.56. The highest BCUT2D eigenvalue weighted by atomic mass is 16.4. The molecule has 1 aliphatic rings. The first-order valence-electron chi connectivity index (χ1n) is 9.75. The summed E-state index contributed by atoms with van der Waals surface area (Å²) in [5.74, 6) is -0.648. The molecule has 27 heavy (non-hydrogen) atoms. The molecule has 2 aromatic rings. The highest BCUT2D eigenvalue weighted by Gasteiger charge is 2.34. The first-order chi connectivity index (χ1) is 12.7. The van der Waals surface area contributed by atoms with Crippen molar-refractivity contribution in [3.8, 4) is 0 Å². The van der Waals surface area contributed by atoms with Gasteiger partial charge in [-0.05, 0) is 42.9 Å². The second kappa shape index (κ2) is 7.37. The van der Waals surface area contributed by atoms with E-state index in [0.29, 0.717) is 0 Å². The minimum Gasteiger partial charge on any atom is -0.481 e. The monoisotopic (exact) mass is 369 g/mol. The lowest BCUT2D eigenvalue weighted by Crippen LogP contribution is -2.20. The Kier molecular flexibility index (Phi) is 5.31. The summed E-state index contributed by atoms with van der Waals surface area (Å²) in [7, 11) is 4.08. The molecule has 0 fully saturated rings. The van der Waals surface area contributed by atoms with Crippen LogP contribution in [0.2, 0.25) is 0 Å². The van der Waals surface area contributed by atoms with Gasteiger partial charge in [0.25, 0.3) is 0 Å². The van der Waals surface area contributed by atoms with Crippen LogP contribution < -0.4 is 4.90 Å². The molecule has 1 aliphatic carbocycles. The molecule has 0 radical (unpaired) electrons. The fraction of sp³-hybridized carbons (Fsp3) is 0.545. The number of benzene rings is 1. The molecular weight excluding hydrogens is 338 g/mol. The number of rotatable bonds is 5. The topological polar surface area (TPSA) is 58.4 Å². The van der Waals surface area contributed by atoms with Gasteiger partial charge in [-0.1, -0.05) is 32.9 Å². The molecule has 0 aliphatic heterocycles. The zero-order chi connectivity index (χ0) is 19.8. The summed E-state index contributed by atoms with van der Waals surface area (Å²) in [6.45, 7) is 7.22. The van der Waals surface area contributed by atoms with Gasteiger partial charge in [-0.3, -0.25) is 9.48 Å². The summed E-state index contributed by atoms with van der Waals surface area (Å²) >= 11 is 0. The Morgan fingerprint density at radius 1 is 1.26 bits per heavy atom. The fourth-order valence-corrected chi connectivity index (χ4v) is 4.04. The van der Waals surface area contributed by atoms with Crippen LogP contribution in [-0.2, 0) is 23.2 Å². The van der Waals surface area contributed by atoms with E-state index >= 15 is 0 Å². The molecule has 1 aromatic heterocycles. The van der Waals surface area contributed by atoms with E-state index in [9.17, 15) is 9.90 Å². The van der Waals surface area contributed by atoms with Gasteiger partial charge >= 0.3 is 5.97 Å². The first-order valence-corrected chi connectivity index (χ1v) is 9.75. The van der Waals surface area contributed by atoms with E-state index < -0.39 is 5.97 Å². The molecule has 0 amide bonds. The number of nitrogens with zero attached hydrogens (tertiary/aromatic N) is 3. The highest BCUT2D eigenvalue weighted by Crippen LogP contribution is 2.40. The maximum absolute atomic E-state index is 11.4. The van der Waals surface area contributed by atoms with E-state index in [1.165, 1.54) is 22.5 Å². The minimum atomic E-state index is -0.722. The summed E-state index contributed by atoms with van der Waals surface area (Å²) in [4.78, 5) is 13.5. The summed E-state index contributed by atoms with van der Waals surface area (Å²) < 4.78 is 2.12. The number of carboxylic acids is 1. The number of hydrogen-bond acceptors (Lipinski definition) is 3. The van der Waals surface area contributed by atoms with Crippen LogP contribution in [0.25, 0.3) is 0 Å². The Balaban J connectivity index is 1.99. The zero-order valence-electron chi connectivity index (χ0n) is 17.1. The Bertz CT molecular complexity index is 813. The average molecular weight is 370 g/mol. The van der Waals surface area contributed by atoms with Crippen LogP contribution in [-0.4, -0.2) is 35.0 Å². The van der Waals surface area contributed by atoms with Crippen LogP contribution >= 0.6 is 0 Å². The van der Waals surface area contributed by atoms with Gasteiger partial charge in [0, 0.05) is 36.5 Å². The van der Waals surface area contributed by atoms with Crippen LogP contribution in [0.15, 0.2) is 24.3 Å². The Morgan fingerprint density at radius 3 is 2.48 bits per heavy atom. The van der Waals surface area contributed by atoms with Crippen LogP contribution in [0.4, 0.5) is 5.69 Å². The van der Waals surface area contributed by atoms with Gasteiger partial charge in [0.2, 0.25) is 0 Å². The summed E-state index contributed by atoms with van der Waals surface area (Å²) in [6.07, 6.45) is 3.13. The van der Waals surface area contributed by atoms with Gasteiger partial charge in [0.05, 0.1) is 18.7 Å². The highest BCUT2D eigenvalue weighted by molar-refractivity contribution is 5.68. The Morgan fingerprint density at radius 2 is 1.93 bits per heavy atom. The zero-order valence-corrected chi connectivity index (χ0v) is 17.1. The van der Waals surface area contributed by atoms with Gasteiger partial charge in [0.1, 0.15) is 0 Å². The van der Waals surface area contributed by atoms with Gasteiger partial charge in [-0.25, -0.2) is 0 Å². The van der Waals surface area contributed by atoms with E-state index in [2.05, 4.69) is 54.6 Å². The number of carbonyl (C=O) groups is 1. The molecule has 3 rings (SSSR count). The smallest absolute Gasteiger partial charge is 0.303 e. The van der Waals surface area contributed by atoms with Crippen LogP contribution in [0.3, 0.4) is 0 Å². The lowest BCUT2D eigenvalue weighted by molar-refractivity contribution is -0.137. The average Bonchev–Trinajstić information content (AvgIpc) is 2.95. The summed E-state index contributed by atoms with van der Waals surface area (Å²) in [5, 5.41) is 14.4. The van der Waals surface area contributed by atoms with Crippen molar-refractivity contribution in [2.45, 2.75) is 64.3 Å². The van der Waals surface area contributed by atoms with Crippen LogP contribution in [0, 0.1) is 0 Å². The number of anilines is 1. The molecule has 1 heterocycles. The molecule has 1 aromatic carbocycles. The molecular formula is C22H31N3O2. The van der Waals surface area contributed by atoms with Gasteiger partial charge in [-0.2, -0.15) is 5.10 Å². The molecule has 146 valence electrons. The standard InChI is InChI=1S/C22H31N3O2/c1-22(2,3)21-20-16(13-19(26)27)7-6-8-18(20)25(23-21)14-15-9-11-17(12-10-15)24(4)5/h9-12,16H,6-8,13-14H2,1-5H3,(H,26,27). The molecule has 0 saturated carbocycles. The predicted octanol–water partition coefficient (Wildman–Crippen LogP) is 4.19. The first kappa shape index (κ1) is 19.5. The molecule has 0 bridgehead atoms. The van der Waals surface area contributed by atoms with Crippen molar-refractivity contribution in [1.82, 2.24) is 9.78 Å². The quantitative estimate of drug-likeness (QED) is 0.858. The molecule has 0 saturated heterocycles. The number of fused-ring (bicyclic) bond motifs is 1. The van der Waals surface area contributed by atoms with E-state index in [1.807, 2.05) is 14.1 Å². The lowest BCUT2D eigenvalue weighted by atomic mass is 9.78. The number of carboxylic acid groups (broad SMARTS) is 1. The van der Waals surface area contributed by atoms with Crippen LogP contribution in [0.1, 0.15) is 68.5 Å². The van der Waals surface area contributed by atoms with E-state index in [-0.39, 0.29) is 17.8 Å². The van der Waals surface area contributed by atoms with Crippen molar-refractivity contribution >= 4 is 11.7 Å². The van der Waals surface area contributed by atoms with Crippen molar-refractivity contribution in [2.24, 2.45) is 0 Å². The summed E-state index contributed by atoms with van der Waals surface area (Å²) in [5.41, 5.74) is 5.78. The molecule has 1 atom stereocenters. The van der Waals surface area contributed by atoms with Crippen LogP contribution in [0.5, 0.6) is 0 Å². The molecule has 5 nitrogen and oxygen atoms in total.